The molecule has 6 rings (SSSR count). The molecule has 1 aliphatic heterocycles. The van der Waals surface area contributed by atoms with E-state index in [1.807, 2.05) is 0 Å². The van der Waals surface area contributed by atoms with E-state index in [4.69, 9.17) is 4.74 Å². The van der Waals surface area contributed by atoms with Gasteiger partial charge in [-0.05, 0) is 122 Å². The molecule has 0 aromatic carbocycles. The molecule has 1 aromatic rings. The molecule has 2 N–H and O–H groups in total. The standard InChI is InChI=1S/C35H55N3O5S/c1-5-25-27-11-7-8-17-34(27,3)29-16-18-35(4)26(13-14-28(35)31(29)32(25)39)23(2)22-43-33(40)37-44(41,42)24-12-15-30(36-21-24)38-19-9-6-10-20-38/h12,15,21,23,25-29,31-32,39H,5-11,13-14,16-20,22H2,1-4H3,(H,37,40)/t23-,25-,26-,27+,28+,29+,31+,32-,34+,35-/m1/s1. The molecule has 0 bridgehead atoms. The first-order valence-electron chi connectivity index (χ1n) is 17.6. The number of hydrogen-bond acceptors (Lipinski definition) is 7. The van der Waals surface area contributed by atoms with Crippen molar-refractivity contribution < 1.29 is 23.1 Å². The summed E-state index contributed by atoms with van der Waals surface area (Å²) >= 11 is 0. The smallest absolute Gasteiger partial charge is 0.421 e. The Hall–Kier alpha value is -1.87. The fourth-order valence-electron chi connectivity index (χ4n) is 11.4. The number of pyridine rings is 1. The van der Waals surface area contributed by atoms with Crippen LogP contribution in [0, 0.1) is 52.3 Å². The number of amides is 1. The summed E-state index contributed by atoms with van der Waals surface area (Å²) in [6.07, 6.45) is 14.3. The summed E-state index contributed by atoms with van der Waals surface area (Å²) in [7, 11) is -4.08. The normalized spacial score (nSPS) is 39.5. The molecule has 1 saturated heterocycles. The van der Waals surface area contributed by atoms with E-state index >= 15 is 0 Å². The number of carbonyl (C=O) groups excluding carboxylic acids is 1. The summed E-state index contributed by atoms with van der Waals surface area (Å²) in [5, 5.41) is 11.9. The number of aliphatic hydroxyl groups is 1. The highest BCUT2D eigenvalue weighted by molar-refractivity contribution is 7.90. The van der Waals surface area contributed by atoms with Gasteiger partial charge in [-0.3, -0.25) is 0 Å². The Morgan fingerprint density at radius 2 is 1.77 bits per heavy atom. The number of nitrogens with zero attached hydrogens (tertiary/aromatic N) is 2. The van der Waals surface area contributed by atoms with Crippen LogP contribution in [0.5, 0.6) is 0 Å². The van der Waals surface area contributed by atoms with Gasteiger partial charge in [-0.25, -0.2) is 22.9 Å². The summed E-state index contributed by atoms with van der Waals surface area (Å²) < 4.78 is 33.5. The van der Waals surface area contributed by atoms with Gasteiger partial charge in [0, 0.05) is 19.3 Å². The van der Waals surface area contributed by atoms with Gasteiger partial charge in [0.1, 0.15) is 10.7 Å². The van der Waals surface area contributed by atoms with Gasteiger partial charge in [0.05, 0.1) is 12.7 Å². The fourth-order valence-corrected chi connectivity index (χ4v) is 12.2. The molecular formula is C35H55N3O5S. The van der Waals surface area contributed by atoms with Crippen molar-refractivity contribution in [3.8, 4) is 0 Å². The van der Waals surface area contributed by atoms with Crippen LogP contribution in [-0.4, -0.2) is 50.4 Å². The zero-order valence-electron chi connectivity index (χ0n) is 27.3. The Morgan fingerprint density at radius 1 is 1.02 bits per heavy atom. The average molecular weight is 630 g/mol. The second-order valence-corrected chi connectivity index (χ2v) is 17.2. The van der Waals surface area contributed by atoms with Gasteiger partial charge in [-0.15, -0.1) is 0 Å². The Balaban J connectivity index is 1.08. The number of sulfonamides is 1. The van der Waals surface area contributed by atoms with Crippen molar-refractivity contribution in [2.24, 2.45) is 52.3 Å². The van der Waals surface area contributed by atoms with Gasteiger partial charge in [0.2, 0.25) is 0 Å². The van der Waals surface area contributed by atoms with Crippen LogP contribution in [0.4, 0.5) is 10.6 Å². The molecule has 1 amide bonds. The van der Waals surface area contributed by atoms with Crippen molar-refractivity contribution in [3.63, 3.8) is 0 Å². The van der Waals surface area contributed by atoms with E-state index in [0.717, 1.165) is 57.4 Å². The lowest BCUT2D eigenvalue weighted by Crippen LogP contribution is -2.61. The monoisotopic (exact) mass is 629 g/mol. The molecule has 4 saturated carbocycles. The highest BCUT2D eigenvalue weighted by Crippen LogP contribution is 2.69. The largest absolute Gasteiger partial charge is 0.449 e. The van der Waals surface area contributed by atoms with Gasteiger partial charge < -0.3 is 14.7 Å². The molecule has 5 aliphatic rings. The maximum absolute atomic E-state index is 12.9. The van der Waals surface area contributed by atoms with Crippen LogP contribution in [0.2, 0.25) is 0 Å². The quantitative estimate of drug-likeness (QED) is 0.342. The molecule has 9 heteroatoms. The highest BCUT2D eigenvalue weighted by atomic mass is 32.2. The van der Waals surface area contributed by atoms with Crippen LogP contribution in [0.3, 0.4) is 0 Å². The second-order valence-electron chi connectivity index (χ2n) is 15.5. The van der Waals surface area contributed by atoms with Crippen molar-refractivity contribution in [2.45, 2.75) is 116 Å². The molecule has 44 heavy (non-hydrogen) atoms. The molecule has 0 spiro atoms. The zero-order chi connectivity index (χ0) is 31.3. The molecule has 2 heterocycles. The van der Waals surface area contributed by atoms with E-state index in [9.17, 15) is 18.3 Å². The summed E-state index contributed by atoms with van der Waals surface area (Å²) in [4.78, 5) is 19.2. The molecule has 10 atom stereocenters. The minimum Gasteiger partial charge on any atom is -0.449 e. The van der Waals surface area contributed by atoms with E-state index in [0.29, 0.717) is 40.9 Å². The van der Waals surface area contributed by atoms with E-state index in [-0.39, 0.29) is 28.9 Å². The third-order valence-electron chi connectivity index (χ3n) is 13.5. The summed E-state index contributed by atoms with van der Waals surface area (Å²) in [5.41, 5.74) is 0.426. The maximum Gasteiger partial charge on any atom is 0.421 e. The van der Waals surface area contributed by atoms with Crippen LogP contribution >= 0.6 is 0 Å². The van der Waals surface area contributed by atoms with E-state index < -0.39 is 16.1 Å². The summed E-state index contributed by atoms with van der Waals surface area (Å²) in [5.74, 6) is 3.68. The number of aliphatic hydroxyl groups excluding tert-OH is 1. The van der Waals surface area contributed by atoms with Crippen LogP contribution in [0.25, 0.3) is 0 Å². The van der Waals surface area contributed by atoms with Crippen LogP contribution in [0.1, 0.15) is 105 Å². The number of rotatable bonds is 7. The average Bonchev–Trinajstić information content (AvgIpc) is 3.37. The lowest BCUT2D eigenvalue weighted by atomic mass is 9.41. The van der Waals surface area contributed by atoms with Crippen molar-refractivity contribution >= 4 is 21.9 Å². The molecule has 246 valence electrons. The van der Waals surface area contributed by atoms with E-state index in [1.54, 1.807) is 6.07 Å². The SMILES string of the molecule is CC[C@H]1[C@@H](O)[C@@H]2[C@H](CC[C@]3(C)[C@@H]([C@H](C)COC(=O)NS(=O)(=O)c4ccc(N5CCCCC5)nc4)CC[C@@H]23)[C@@]2(C)CCCC[C@@H]12. The van der Waals surface area contributed by atoms with Crippen LogP contribution in [-0.2, 0) is 14.8 Å². The summed E-state index contributed by atoms with van der Waals surface area (Å²) in [6, 6.07) is 3.21. The number of carbonyl (C=O) groups is 1. The van der Waals surface area contributed by atoms with Gasteiger partial charge >= 0.3 is 6.09 Å². The van der Waals surface area contributed by atoms with Crippen molar-refractivity contribution in [1.29, 1.82) is 0 Å². The van der Waals surface area contributed by atoms with Crippen LogP contribution in [0.15, 0.2) is 23.2 Å². The van der Waals surface area contributed by atoms with Gasteiger partial charge in [-0.1, -0.05) is 47.0 Å². The predicted octanol–water partition coefficient (Wildman–Crippen LogP) is 6.78. The minimum atomic E-state index is -4.08. The van der Waals surface area contributed by atoms with Crippen molar-refractivity contribution in [2.75, 3.05) is 24.6 Å². The van der Waals surface area contributed by atoms with Crippen molar-refractivity contribution in [1.82, 2.24) is 9.71 Å². The number of nitrogens with one attached hydrogen (secondary N) is 1. The first kappa shape index (κ1) is 32.1. The Labute approximate surface area is 265 Å². The Kier molecular flexibility index (Phi) is 9.03. The minimum absolute atomic E-state index is 0.0449. The number of aromatic nitrogens is 1. The molecule has 1 aromatic heterocycles. The molecular weight excluding hydrogens is 574 g/mol. The van der Waals surface area contributed by atoms with Gasteiger partial charge in [0.15, 0.2) is 0 Å². The van der Waals surface area contributed by atoms with E-state index in [2.05, 4.69) is 42.3 Å². The topological polar surface area (TPSA) is 109 Å². The molecule has 0 unspecified atom stereocenters. The number of fused-ring (bicyclic) bond motifs is 5. The van der Waals surface area contributed by atoms with Gasteiger partial charge in [0.25, 0.3) is 10.0 Å². The summed E-state index contributed by atoms with van der Waals surface area (Å²) in [6.45, 7) is 11.4. The Morgan fingerprint density at radius 3 is 2.48 bits per heavy atom. The lowest BCUT2D eigenvalue weighted by Gasteiger charge is -2.64. The van der Waals surface area contributed by atoms with Crippen LogP contribution < -0.4 is 9.62 Å². The molecule has 8 nitrogen and oxygen atoms in total. The maximum atomic E-state index is 12.9. The third-order valence-corrected chi connectivity index (χ3v) is 14.8. The third kappa shape index (κ3) is 5.56. The zero-order valence-corrected chi connectivity index (χ0v) is 28.2. The number of hydrogen-bond donors (Lipinski definition) is 2. The van der Waals surface area contributed by atoms with E-state index in [1.165, 1.54) is 50.8 Å². The first-order valence-corrected chi connectivity index (χ1v) is 19.1. The number of anilines is 1. The number of piperidine rings is 1. The van der Waals surface area contributed by atoms with Crippen molar-refractivity contribution in [3.05, 3.63) is 18.3 Å². The Bertz CT molecular complexity index is 1280. The molecule has 4 aliphatic carbocycles. The number of ether oxygens (including phenoxy) is 1. The highest BCUT2D eigenvalue weighted by Gasteiger charge is 2.64. The predicted molar refractivity (Wildman–Crippen MR) is 172 cm³/mol. The fraction of sp³-hybridized carbons (Fsp3) is 0.829. The van der Waals surface area contributed by atoms with Gasteiger partial charge in [-0.2, -0.15) is 0 Å². The second kappa shape index (κ2) is 12.4. The first-order chi connectivity index (χ1) is 21.0. The lowest BCUT2D eigenvalue weighted by molar-refractivity contribution is -0.194. The molecule has 5 fully saturated rings. The molecule has 0 radical (unpaired) electrons.